The minimum atomic E-state index is 0.537. The van der Waals surface area contributed by atoms with Gasteiger partial charge in [0.05, 0.1) is 13.3 Å². The van der Waals surface area contributed by atoms with Crippen LogP contribution in [-0.4, -0.2) is 29.5 Å². The van der Waals surface area contributed by atoms with Crippen molar-refractivity contribution in [1.29, 1.82) is 0 Å². The highest BCUT2D eigenvalue weighted by Gasteiger charge is 2.09. The molecule has 17 heavy (non-hydrogen) atoms. The molecule has 1 heterocycles. The average molecular weight is 237 g/mol. The van der Waals surface area contributed by atoms with E-state index < -0.39 is 0 Å². The molecule has 4 heteroatoms. The predicted octanol–water partition coefficient (Wildman–Crippen LogP) is 2.22. The molecule has 0 aliphatic rings. The van der Waals surface area contributed by atoms with Crippen molar-refractivity contribution in [3.63, 3.8) is 0 Å². The maximum Gasteiger partial charge on any atom is 0.164 e. The summed E-state index contributed by atoms with van der Waals surface area (Å²) in [5.41, 5.74) is 2.25. The lowest BCUT2D eigenvalue weighted by Gasteiger charge is -2.08. The van der Waals surface area contributed by atoms with Crippen LogP contribution < -0.4 is 10.1 Å². The Morgan fingerprint density at radius 1 is 1.59 bits per heavy atom. The second-order valence-corrected chi connectivity index (χ2v) is 4.47. The number of methoxy groups -OCH3 is 1. The third kappa shape index (κ3) is 3.89. The molecule has 0 atom stereocenters. The van der Waals surface area contributed by atoms with Gasteiger partial charge in [-0.25, -0.2) is 0 Å². The summed E-state index contributed by atoms with van der Waals surface area (Å²) in [7, 11) is 3.61. The summed E-state index contributed by atoms with van der Waals surface area (Å²) in [4.78, 5) is 0. The third-order valence-electron chi connectivity index (χ3n) is 2.65. The Labute approximate surface area is 104 Å². The van der Waals surface area contributed by atoms with Crippen LogP contribution in [0, 0.1) is 0 Å². The molecule has 0 aliphatic carbocycles. The molecule has 0 fully saturated rings. The average Bonchev–Trinajstić information content (AvgIpc) is 2.65. The molecular formula is C13H23N3O. The second-order valence-electron chi connectivity index (χ2n) is 4.47. The van der Waals surface area contributed by atoms with Gasteiger partial charge >= 0.3 is 0 Å². The van der Waals surface area contributed by atoms with E-state index in [9.17, 15) is 0 Å². The van der Waals surface area contributed by atoms with Crippen LogP contribution in [0.15, 0.2) is 12.3 Å². The maximum atomic E-state index is 5.29. The first-order valence-corrected chi connectivity index (χ1v) is 6.02. The lowest BCUT2D eigenvalue weighted by Crippen LogP contribution is -2.23. The molecule has 1 rings (SSSR count). The Balaban J connectivity index is 2.64. The largest absolute Gasteiger partial charge is 0.493 e. The van der Waals surface area contributed by atoms with E-state index in [1.54, 1.807) is 13.3 Å². The van der Waals surface area contributed by atoms with Crippen LogP contribution >= 0.6 is 0 Å². The number of allylic oxidation sites excluding steroid dienone is 1. The zero-order valence-electron chi connectivity index (χ0n) is 11.4. The number of nitrogens with zero attached hydrogens (tertiary/aromatic N) is 2. The fourth-order valence-corrected chi connectivity index (χ4v) is 1.77. The van der Waals surface area contributed by atoms with Crippen molar-refractivity contribution in [1.82, 2.24) is 15.1 Å². The van der Waals surface area contributed by atoms with Gasteiger partial charge in [-0.05, 0) is 25.5 Å². The van der Waals surface area contributed by atoms with E-state index in [2.05, 4.69) is 37.3 Å². The molecule has 0 aromatic carbocycles. The summed E-state index contributed by atoms with van der Waals surface area (Å²) < 4.78 is 7.14. The van der Waals surface area contributed by atoms with Gasteiger partial charge in [0.1, 0.15) is 5.69 Å². The Morgan fingerprint density at radius 3 is 2.88 bits per heavy atom. The number of aromatic nitrogens is 2. The summed E-state index contributed by atoms with van der Waals surface area (Å²) >= 11 is 0. The van der Waals surface area contributed by atoms with Crippen LogP contribution in [0.3, 0.4) is 0 Å². The summed E-state index contributed by atoms with van der Waals surface area (Å²) in [5.74, 6) is 0.832. The normalized spacial score (nSPS) is 12.2. The molecule has 0 bridgehead atoms. The van der Waals surface area contributed by atoms with Crippen LogP contribution in [0.2, 0.25) is 0 Å². The van der Waals surface area contributed by atoms with Crippen LogP contribution in [0.1, 0.15) is 32.9 Å². The quantitative estimate of drug-likeness (QED) is 0.771. The van der Waals surface area contributed by atoms with Gasteiger partial charge in [0.15, 0.2) is 5.75 Å². The number of ether oxygens (including phenoxy) is 1. The number of rotatable bonds is 6. The maximum absolute atomic E-state index is 5.29. The van der Waals surface area contributed by atoms with Crippen LogP contribution in [0.5, 0.6) is 5.75 Å². The molecular weight excluding hydrogens is 214 g/mol. The molecule has 0 radical (unpaired) electrons. The van der Waals surface area contributed by atoms with E-state index in [4.69, 9.17) is 4.74 Å². The van der Waals surface area contributed by atoms with Gasteiger partial charge in [-0.2, -0.15) is 5.10 Å². The molecule has 0 aliphatic heterocycles. The molecule has 0 spiro atoms. The Kier molecular flexibility index (Phi) is 5.22. The highest BCUT2D eigenvalue weighted by atomic mass is 16.5. The Morgan fingerprint density at radius 2 is 2.29 bits per heavy atom. The third-order valence-corrected chi connectivity index (χ3v) is 2.65. The second kappa shape index (κ2) is 6.45. The predicted molar refractivity (Wildman–Crippen MR) is 71.2 cm³/mol. The van der Waals surface area contributed by atoms with Crippen LogP contribution in [-0.2, 0) is 7.05 Å². The Bertz CT molecular complexity index is 380. The molecule has 96 valence electrons. The van der Waals surface area contributed by atoms with E-state index in [0.29, 0.717) is 6.04 Å². The molecule has 0 saturated heterocycles. The van der Waals surface area contributed by atoms with E-state index in [1.807, 2.05) is 11.7 Å². The molecule has 1 aromatic rings. The standard InChI is InChI=1S/C13H23N3O/c1-10(2)14-8-6-7-11(3)13-12(17-5)9-15-16(13)4/h7,9-10,14H,6,8H2,1-5H3. The van der Waals surface area contributed by atoms with Gasteiger partial charge in [-0.15, -0.1) is 0 Å². The number of aryl methyl sites for hydroxylation is 1. The first-order valence-electron chi connectivity index (χ1n) is 6.02. The zero-order chi connectivity index (χ0) is 12.8. The highest BCUT2D eigenvalue weighted by Crippen LogP contribution is 2.24. The van der Waals surface area contributed by atoms with Crippen molar-refractivity contribution in [2.75, 3.05) is 13.7 Å². The minimum absolute atomic E-state index is 0.537. The topological polar surface area (TPSA) is 39.1 Å². The lowest BCUT2D eigenvalue weighted by molar-refractivity contribution is 0.413. The molecule has 1 aromatic heterocycles. The SMILES string of the molecule is COc1cnn(C)c1C(C)=CCCNC(C)C. The number of hydrogen-bond acceptors (Lipinski definition) is 3. The minimum Gasteiger partial charge on any atom is -0.493 e. The summed E-state index contributed by atoms with van der Waals surface area (Å²) in [6.07, 6.45) is 4.98. The molecule has 0 saturated carbocycles. The first kappa shape index (κ1) is 13.8. The van der Waals surface area contributed by atoms with Crippen molar-refractivity contribution < 1.29 is 4.74 Å². The fraction of sp³-hybridized carbons (Fsp3) is 0.615. The molecule has 0 amide bonds. The van der Waals surface area contributed by atoms with E-state index >= 15 is 0 Å². The summed E-state index contributed by atoms with van der Waals surface area (Å²) in [6, 6.07) is 0.537. The molecule has 4 nitrogen and oxygen atoms in total. The smallest absolute Gasteiger partial charge is 0.164 e. The van der Waals surface area contributed by atoms with Crippen molar-refractivity contribution in [3.8, 4) is 5.75 Å². The molecule has 0 unspecified atom stereocenters. The monoisotopic (exact) mass is 237 g/mol. The van der Waals surface area contributed by atoms with Gasteiger partial charge in [0, 0.05) is 13.1 Å². The lowest BCUT2D eigenvalue weighted by atomic mass is 10.1. The Hall–Kier alpha value is -1.29. The van der Waals surface area contributed by atoms with E-state index in [0.717, 1.165) is 24.4 Å². The van der Waals surface area contributed by atoms with E-state index in [-0.39, 0.29) is 0 Å². The number of hydrogen-bond donors (Lipinski definition) is 1. The first-order chi connectivity index (χ1) is 8.06. The van der Waals surface area contributed by atoms with Gasteiger partial charge in [-0.1, -0.05) is 19.9 Å². The van der Waals surface area contributed by atoms with Gasteiger partial charge in [0.2, 0.25) is 0 Å². The van der Waals surface area contributed by atoms with Gasteiger partial charge < -0.3 is 10.1 Å². The van der Waals surface area contributed by atoms with Crippen LogP contribution in [0.25, 0.3) is 5.57 Å². The van der Waals surface area contributed by atoms with Gasteiger partial charge in [0.25, 0.3) is 0 Å². The van der Waals surface area contributed by atoms with Gasteiger partial charge in [-0.3, -0.25) is 4.68 Å². The van der Waals surface area contributed by atoms with Crippen molar-refractivity contribution in [2.24, 2.45) is 7.05 Å². The fourth-order valence-electron chi connectivity index (χ4n) is 1.77. The summed E-state index contributed by atoms with van der Waals surface area (Å²) in [6.45, 7) is 7.39. The highest BCUT2D eigenvalue weighted by molar-refractivity contribution is 5.65. The van der Waals surface area contributed by atoms with E-state index in [1.165, 1.54) is 5.57 Å². The number of nitrogens with one attached hydrogen (secondary N) is 1. The zero-order valence-corrected chi connectivity index (χ0v) is 11.4. The van der Waals surface area contributed by atoms with Crippen molar-refractivity contribution in [3.05, 3.63) is 18.0 Å². The van der Waals surface area contributed by atoms with Crippen molar-refractivity contribution >= 4 is 5.57 Å². The van der Waals surface area contributed by atoms with Crippen LogP contribution in [0.4, 0.5) is 0 Å². The van der Waals surface area contributed by atoms with Crippen molar-refractivity contribution in [2.45, 2.75) is 33.2 Å². The summed E-state index contributed by atoms with van der Waals surface area (Å²) in [5, 5.41) is 7.59. The molecule has 1 N–H and O–H groups in total.